The van der Waals surface area contributed by atoms with E-state index < -0.39 is 0 Å². The smallest absolute Gasteiger partial charge is 0.0115 e. The van der Waals surface area contributed by atoms with E-state index in [1.165, 1.54) is 24.1 Å². The van der Waals surface area contributed by atoms with Crippen molar-refractivity contribution in [1.82, 2.24) is 5.32 Å². The second kappa shape index (κ2) is 5.75. The van der Waals surface area contributed by atoms with Crippen LogP contribution in [0.15, 0.2) is 17.5 Å². The minimum Gasteiger partial charge on any atom is -0.313 e. The highest BCUT2D eigenvalue weighted by molar-refractivity contribution is 7.10. The largest absolute Gasteiger partial charge is 0.313 e. The molecule has 1 N–H and O–H groups in total. The molecule has 1 heterocycles. The zero-order chi connectivity index (χ0) is 13.2. The van der Waals surface area contributed by atoms with E-state index >= 15 is 0 Å². The normalized spacial score (nSPS) is 29.4. The first kappa shape index (κ1) is 14.1. The van der Waals surface area contributed by atoms with Gasteiger partial charge in [0.25, 0.3) is 0 Å². The molecule has 2 atom stereocenters. The second-order valence-corrected chi connectivity index (χ2v) is 7.80. The second-order valence-electron chi connectivity index (χ2n) is 6.86. The highest BCUT2D eigenvalue weighted by Crippen LogP contribution is 2.30. The van der Waals surface area contributed by atoms with Crippen LogP contribution >= 0.6 is 11.3 Å². The van der Waals surface area contributed by atoms with E-state index in [1.54, 1.807) is 0 Å². The van der Waals surface area contributed by atoms with E-state index in [1.807, 2.05) is 11.3 Å². The fraction of sp³-hybridized carbons (Fsp3) is 0.750. The summed E-state index contributed by atoms with van der Waals surface area (Å²) in [6.45, 7) is 10.6. The van der Waals surface area contributed by atoms with Gasteiger partial charge in [-0.25, -0.2) is 0 Å². The number of hydrogen-bond acceptors (Lipinski definition) is 2. The number of rotatable bonds is 4. The molecular weight excluding hydrogens is 238 g/mol. The Morgan fingerprint density at radius 1 is 1.22 bits per heavy atom. The molecule has 1 aliphatic carbocycles. The third-order valence-electron chi connectivity index (χ3n) is 4.20. The average molecular weight is 265 g/mol. The summed E-state index contributed by atoms with van der Waals surface area (Å²) in [5, 5.41) is 6.00. The summed E-state index contributed by atoms with van der Waals surface area (Å²) in [5.41, 5.74) is 0.262. The van der Waals surface area contributed by atoms with Gasteiger partial charge in [0.2, 0.25) is 0 Å². The fourth-order valence-corrected chi connectivity index (χ4v) is 4.12. The van der Waals surface area contributed by atoms with E-state index in [0.29, 0.717) is 0 Å². The van der Waals surface area contributed by atoms with Gasteiger partial charge >= 0.3 is 0 Å². The van der Waals surface area contributed by atoms with Crippen molar-refractivity contribution in [2.75, 3.05) is 6.54 Å². The van der Waals surface area contributed by atoms with Crippen molar-refractivity contribution in [1.29, 1.82) is 0 Å². The quantitative estimate of drug-likeness (QED) is 0.848. The van der Waals surface area contributed by atoms with Gasteiger partial charge in [-0.05, 0) is 42.5 Å². The molecule has 1 aromatic heterocycles. The van der Waals surface area contributed by atoms with Crippen LogP contribution in [0.4, 0.5) is 0 Å². The maximum atomic E-state index is 3.82. The number of thiophene rings is 1. The van der Waals surface area contributed by atoms with Crippen LogP contribution < -0.4 is 5.32 Å². The van der Waals surface area contributed by atoms with Crippen LogP contribution in [0, 0.1) is 11.8 Å². The molecule has 0 aliphatic heterocycles. The summed E-state index contributed by atoms with van der Waals surface area (Å²) < 4.78 is 0. The predicted molar refractivity (Wildman–Crippen MR) is 81.3 cm³/mol. The van der Waals surface area contributed by atoms with Crippen molar-refractivity contribution >= 4 is 11.3 Å². The zero-order valence-corrected chi connectivity index (χ0v) is 13.0. The molecule has 0 aromatic carbocycles. The van der Waals surface area contributed by atoms with Crippen LogP contribution in [-0.4, -0.2) is 12.6 Å². The van der Waals surface area contributed by atoms with Crippen molar-refractivity contribution in [3.8, 4) is 0 Å². The average Bonchev–Trinajstić information content (AvgIpc) is 2.79. The molecule has 102 valence electrons. The lowest BCUT2D eigenvalue weighted by Gasteiger charge is -2.34. The SMILES string of the molecule is CC1CC(C)CC(NCC(C)(C)c2cccs2)C1. The van der Waals surface area contributed by atoms with Crippen molar-refractivity contribution < 1.29 is 0 Å². The van der Waals surface area contributed by atoms with Gasteiger partial charge < -0.3 is 5.32 Å². The van der Waals surface area contributed by atoms with Gasteiger partial charge in [-0.15, -0.1) is 11.3 Å². The summed E-state index contributed by atoms with van der Waals surface area (Å²) in [6.07, 6.45) is 4.11. The molecule has 2 unspecified atom stereocenters. The third-order valence-corrected chi connectivity index (χ3v) is 5.44. The van der Waals surface area contributed by atoms with Gasteiger partial charge in [-0.3, -0.25) is 0 Å². The van der Waals surface area contributed by atoms with Crippen LogP contribution in [0.25, 0.3) is 0 Å². The highest BCUT2D eigenvalue weighted by Gasteiger charge is 2.27. The van der Waals surface area contributed by atoms with Gasteiger partial charge in [-0.1, -0.05) is 33.8 Å². The molecule has 1 saturated carbocycles. The Bertz CT molecular complexity index is 345. The maximum Gasteiger partial charge on any atom is 0.0115 e. The van der Waals surface area contributed by atoms with Crippen molar-refractivity contribution in [2.45, 2.75) is 58.4 Å². The summed E-state index contributed by atoms with van der Waals surface area (Å²) in [4.78, 5) is 1.49. The molecule has 1 aliphatic rings. The molecule has 18 heavy (non-hydrogen) atoms. The Morgan fingerprint density at radius 3 is 2.44 bits per heavy atom. The van der Waals surface area contributed by atoms with E-state index in [-0.39, 0.29) is 5.41 Å². The van der Waals surface area contributed by atoms with Crippen molar-refractivity contribution in [2.24, 2.45) is 11.8 Å². The molecule has 0 bridgehead atoms. The number of hydrogen-bond donors (Lipinski definition) is 1. The van der Waals surface area contributed by atoms with Crippen LogP contribution in [0.3, 0.4) is 0 Å². The minimum atomic E-state index is 0.262. The zero-order valence-electron chi connectivity index (χ0n) is 12.2. The first-order valence-corrected chi connectivity index (χ1v) is 8.12. The monoisotopic (exact) mass is 265 g/mol. The Hall–Kier alpha value is -0.340. The molecule has 2 heteroatoms. The standard InChI is InChI=1S/C16H27NS/c1-12-8-13(2)10-14(9-12)17-11-16(3,4)15-6-5-7-18-15/h5-7,12-14,17H,8-11H2,1-4H3. The summed E-state index contributed by atoms with van der Waals surface area (Å²) in [7, 11) is 0. The summed E-state index contributed by atoms with van der Waals surface area (Å²) in [5.74, 6) is 1.77. The molecule has 1 aromatic rings. The van der Waals surface area contributed by atoms with Crippen molar-refractivity contribution in [3.05, 3.63) is 22.4 Å². The molecule has 1 fully saturated rings. The molecule has 0 amide bonds. The Kier molecular flexibility index (Phi) is 4.50. The Labute approximate surface area is 116 Å². The Morgan fingerprint density at radius 2 is 1.89 bits per heavy atom. The van der Waals surface area contributed by atoms with E-state index in [4.69, 9.17) is 0 Å². The van der Waals surface area contributed by atoms with E-state index in [2.05, 4.69) is 50.5 Å². The van der Waals surface area contributed by atoms with E-state index in [0.717, 1.165) is 24.4 Å². The van der Waals surface area contributed by atoms with Crippen LogP contribution in [0.5, 0.6) is 0 Å². The third kappa shape index (κ3) is 3.58. The first-order valence-electron chi connectivity index (χ1n) is 7.25. The van der Waals surface area contributed by atoms with Crippen molar-refractivity contribution in [3.63, 3.8) is 0 Å². The lowest BCUT2D eigenvalue weighted by Crippen LogP contribution is -2.42. The lowest BCUT2D eigenvalue weighted by molar-refractivity contribution is 0.231. The van der Waals surface area contributed by atoms with Gasteiger partial charge in [0.15, 0.2) is 0 Å². The highest BCUT2D eigenvalue weighted by atomic mass is 32.1. The van der Waals surface area contributed by atoms with Crippen LogP contribution in [0.1, 0.15) is 51.8 Å². The van der Waals surface area contributed by atoms with Gasteiger partial charge in [0.05, 0.1) is 0 Å². The fourth-order valence-electron chi connectivity index (χ4n) is 3.26. The summed E-state index contributed by atoms with van der Waals surface area (Å²) >= 11 is 1.88. The maximum absolute atomic E-state index is 3.82. The van der Waals surface area contributed by atoms with Gasteiger partial charge in [0, 0.05) is 22.9 Å². The molecular formula is C16H27NS. The lowest BCUT2D eigenvalue weighted by atomic mass is 9.80. The molecule has 0 saturated heterocycles. The molecule has 1 nitrogen and oxygen atoms in total. The Balaban J connectivity index is 1.87. The molecule has 0 radical (unpaired) electrons. The van der Waals surface area contributed by atoms with Gasteiger partial charge in [0.1, 0.15) is 0 Å². The van der Waals surface area contributed by atoms with E-state index in [9.17, 15) is 0 Å². The minimum absolute atomic E-state index is 0.262. The molecule has 0 spiro atoms. The molecule has 2 rings (SSSR count). The topological polar surface area (TPSA) is 12.0 Å². The van der Waals surface area contributed by atoms with Crippen LogP contribution in [-0.2, 0) is 5.41 Å². The van der Waals surface area contributed by atoms with Crippen LogP contribution in [0.2, 0.25) is 0 Å². The van der Waals surface area contributed by atoms with Gasteiger partial charge in [-0.2, -0.15) is 0 Å². The number of nitrogens with one attached hydrogen (secondary N) is 1. The summed E-state index contributed by atoms with van der Waals surface area (Å²) in [6, 6.07) is 5.15. The predicted octanol–water partition coefficient (Wildman–Crippen LogP) is 4.44. The first-order chi connectivity index (χ1) is 8.47.